The van der Waals surface area contributed by atoms with E-state index in [1.807, 2.05) is 13.1 Å². The summed E-state index contributed by atoms with van der Waals surface area (Å²) < 4.78 is 42.4. The molecule has 1 fully saturated rings. The van der Waals surface area contributed by atoms with E-state index >= 15 is 0 Å². The maximum atomic E-state index is 14.3. The van der Waals surface area contributed by atoms with Gasteiger partial charge in [0.1, 0.15) is 5.82 Å². The van der Waals surface area contributed by atoms with Crippen LogP contribution in [-0.2, 0) is 13.5 Å². The maximum absolute atomic E-state index is 14.3. The Morgan fingerprint density at radius 1 is 1.24 bits per heavy atom. The standard InChI is InChI=1S/C25H29F3N4O/c1-15(2)32(14-24(27)28)25(33)21-11-18(26)4-5-19(21)20-9-17(8-16-6-7-29-12-16)10-23-22(20)13-30-31(23)3/h4-5,9-11,13,15-16,24,29H,6-8,12,14H2,1-3H3/t16-/m1/s1. The highest BCUT2D eigenvalue weighted by molar-refractivity contribution is 6.05. The summed E-state index contributed by atoms with van der Waals surface area (Å²) in [5, 5.41) is 8.60. The molecule has 2 aromatic carbocycles. The number of carbonyl (C=O) groups excluding carboxylic acids is 1. The number of alkyl halides is 2. The van der Waals surface area contributed by atoms with E-state index in [1.165, 1.54) is 6.07 Å². The smallest absolute Gasteiger partial charge is 0.255 e. The summed E-state index contributed by atoms with van der Waals surface area (Å²) in [5.74, 6) is -0.680. The Bertz CT molecular complexity index is 1150. The summed E-state index contributed by atoms with van der Waals surface area (Å²) in [6.45, 7) is 4.60. The van der Waals surface area contributed by atoms with Crippen molar-refractivity contribution in [1.82, 2.24) is 20.0 Å². The number of aromatic nitrogens is 2. The second-order valence-corrected chi connectivity index (χ2v) is 9.04. The number of rotatable bonds is 7. The number of nitrogens with zero attached hydrogens (tertiary/aromatic N) is 3. The van der Waals surface area contributed by atoms with E-state index in [0.717, 1.165) is 58.9 Å². The molecule has 1 aliphatic heterocycles. The third-order valence-electron chi connectivity index (χ3n) is 6.33. The van der Waals surface area contributed by atoms with Crippen molar-refractivity contribution in [2.45, 2.75) is 39.2 Å². The van der Waals surface area contributed by atoms with Gasteiger partial charge in [0.15, 0.2) is 0 Å². The highest BCUT2D eigenvalue weighted by Gasteiger charge is 2.26. The number of amides is 1. The Labute approximate surface area is 191 Å². The molecular weight excluding hydrogens is 429 g/mol. The van der Waals surface area contributed by atoms with E-state index in [-0.39, 0.29) is 5.56 Å². The topological polar surface area (TPSA) is 50.2 Å². The van der Waals surface area contributed by atoms with Crippen molar-refractivity contribution in [2.24, 2.45) is 13.0 Å². The summed E-state index contributed by atoms with van der Waals surface area (Å²) >= 11 is 0. The molecule has 1 atom stereocenters. The first kappa shape index (κ1) is 23.3. The van der Waals surface area contributed by atoms with Crippen LogP contribution in [-0.4, -0.2) is 52.7 Å². The second-order valence-electron chi connectivity index (χ2n) is 9.04. The predicted octanol–water partition coefficient (Wildman–Crippen LogP) is 4.65. The van der Waals surface area contributed by atoms with E-state index in [1.54, 1.807) is 30.8 Å². The number of benzene rings is 2. The first-order valence-corrected chi connectivity index (χ1v) is 11.3. The molecule has 1 aliphatic rings. The van der Waals surface area contributed by atoms with Gasteiger partial charge in [-0.1, -0.05) is 12.1 Å². The molecule has 0 unspecified atom stereocenters. The van der Waals surface area contributed by atoms with Gasteiger partial charge in [-0.25, -0.2) is 13.2 Å². The van der Waals surface area contributed by atoms with Crippen molar-refractivity contribution in [2.75, 3.05) is 19.6 Å². The predicted molar refractivity (Wildman–Crippen MR) is 123 cm³/mol. The fourth-order valence-corrected chi connectivity index (χ4v) is 4.63. The third-order valence-corrected chi connectivity index (χ3v) is 6.33. The molecule has 0 radical (unpaired) electrons. The molecule has 1 N–H and O–H groups in total. The highest BCUT2D eigenvalue weighted by atomic mass is 19.3. The molecule has 0 bridgehead atoms. The number of halogens is 3. The lowest BCUT2D eigenvalue weighted by atomic mass is 9.91. The first-order chi connectivity index (χ1) is 15.7. The summed E-state index contributed by atoms with van der Waals surface area (Å²) in [7, 11) is 1.85. The van der Waals surface area contributed by atoms with Crippen LogP contribution in [0.5, 0.6) is 0 Å². The van der Waals surface area contributed by atoms with Gasteiger partial charge in [0.25, 0.3) is 12.3 Å². The van der Waals surface area contributed by atoms with Crippen LogP contribution < -0.4 is 5.32 Å². The molecule has 176 valence electrons. The van der Waals surface area contributed by atoms with E-state index in [0.29, 0.717) is 11.5 Å². The average molecular weight is 459 g/mol. The highest BCUT2D eigenvalue weighted by Crippen LogP contribution is 2.34. The van der Waals surface area contributed by atoms with Crippen molar-refractivity contribution >= 4 is 16.8 Å². The van der Waals surface area contributed by atoms with Crippen molar-refractivity contribution in [3.8, 4) is 11.1 Å². The molecule has 1 saturated heterocycles. The van der Waals surface area contributed by atoms with Crippen LogP contribution in [0.2, 0.25) is 0 Å². The second kappa shape index (κ2) is 9.55. The molecule has 0 spiro atoms. The first-order valence-electron chi connectivity index (χ1n) is 11.3. The summed E-state index contributed by atoms with van der Waals surface area (Å²) in [6, 6.07) is 7.68. The molecule has 4 rings (SSSR count). The number of fused-ring (bicyclic) bond motifs is 1. The van der Waals surface area contributed by atoms with Gasteiger partial charge in [-0.15, -0.1) is 0 Å². The molecule has 5 nitrogen and oxygen atoms in total. The van der Waals surface area contributed by atoms with Gasteiger partial charge in [-0.05, 0) is 80.6 Å². The minimum Gasteiger partial charge on any atom is -0.330 e. The van der Waals surface area contributed by atoms with Gasteiger partial charge in [0, 0.05) is 18.5 Å². The summed E-state index contributed by atoms with van der Waals surface area (Å²) in [4.78, 5) is 14.5. The van der Waals surface area contributed by atoms with Gasteiger partial charge < -0.3 is 10.2 Å². The van der Waals surface area contributed by atoms with Gasteiger partial charge in [-0.2, -0.15) is 5.10 Å². The van der Waals surface area contributed by atoms with Crippen molar-refractivity contribution < 1.29 is 18.0 Å². The van der Waals surface area contributed by atoms with Crippen LogP contribution >= 0.6 is 0 Å². The van der Waals surface area contributed by atoms with Crippen LogP contribution in [0, 0.1) is 11.7 Å². The van der Waals surface area contributed by atoms with E-state index in [4.69, 9.17) is 0 Å². The molecule has 8 heteroatoms. The van der Waals surface area contributed by atoms with Gasteiger partial charge in [-0.3, -0.25) is 9.48 Å². The quantitative estimate of drug-likeness (QED) is 0.561. The molecule has 1 aromatic heterocycles. The molecule has 2 heterocycles. The van der Waals surface area contributed by atoms with Crippen LogP contribution in [0.25, 0.3) is 22.0 Å². The zero-order chi connectivity index (χ0) is 23.7. The number of carbonyl (C=O) groups is 1. The largest absolute Gasteiger partial charge is 0.330 e. The average Bonchev–Trinajstić information content (AvgIpc) is 3.41. The Morgan fingerprint density at radius 3 is 2.70 bits per heavy atom. The third kappa shape index (κ3) is 4.90. The lowest BCUT2D eigenvalue weighted by molar-refractivity contribution is 0.0476. The Balaban J connectivity index is 1.85. The minimum absolute atomic E-state index is 0.0780. The lowest BCUT2D eigenvalue weighted by Crippen LogP contribution is -2.40. The van der Waals surface area contributed by atoms with Crippen molar-refractivity contribution in [1.29, 1.82) is 0 Å². The zero-order valence-corrected chi connectivity index (χ0v) is 19.1. The molecule has 1 amide bonds. The Morgan fingerprint density at radius 2 is 2.03 bits per heavy atom. The molecular formula is C25H29F3N4O. The van der Waals surface area contributed by atoms with Gasteiger partial charge in [0.05, 0.1) is 23.8 Å². The summed E-state index contributed by atoms with van der Waals surface area (Å²) in [5.41, 5.74) is 3.36. The van der Waals surface area contributed by atoms with E-state index in [2.05, 4.69) is 16.5 Å². The van der Waals surface area contributed by atoms with Crippen molar-refractivity contribution in [3.05, 3.63) is 53.5 Å². The van der Waals surface area contributed by atoms with Crippen LogP contribution in [0.4, 0.5) is 13.2 Å². The Hall–Kier alpha value is -2.87. The molecule has 33 heavy (non-hydrogen) atoms. The van der Waals surface area contributed by atoms with Crippen molar-refractivity contribution in [3.63, 3.8) is 0 Å². The fraction of sp³-hybridized carbons (Fsp3) is 0.440. The van der Waals surface area contributed by atoms with Gasteiger partial charge >= 0.3 is 0 Å². The SMILES string of the molecule is CC(C)N(CC(F)F)C(=O)c1cc(F)ccc1-c1cc(C[C@H]2CCNC2)cc2c1cnn2C. The normalized spacial score (nSPS) is 16.3. The number of hydrogen-bond donors (Lipinski definition) is 1. The van der Waals surface area contributed by atoms with Crippen LogP contribution in [0.3, 0.4) is 0 Å². The summed E-state index contributed by atoms with van der Waals surface area (Å²) in [6.07, 6.45) is 1.01. The monoisotopic (exact) mass is 458 g/mol. The minimum atomic E-state index is -2.68. The van der Waals surface area contributed by atoms with Crippen LogP contribution in [0.15, 0.2) is 36.5 Å². The molecule has 3 aromatic rings. The number of aryl methyl sites for hydroxylation is 1. The Kier molecular flexibility index (Phi) is 6.74. The number of hydrogen-bond acceptors (Lipinski definition) is 3. The molecule has 0 saturated carbocycles. The van der Waals surface area contributed by atoms with E-state index < -0.39 is 30.7 Å². The van der Waals surface area contributed by atoms with E-state index in [9.17, 15) is 18.0 Å². The van der Waals surface area contributed by atoms with Gasteiger partial charge in [0.2, 0.25) is 0 Å². The fourth-order valence-electron chi connectivity index (χ4n) is 4.63. The molecule has 0 aliphatic carbocycles. The lowest BCUT2D eigenvalue weighted by Gasteiger charge is -2.27. The van der Waals surface area contributed by atoms with Crippen LogP contribution in [0.1, 0.15) is 36.2 Å². The zero-order valence-electron chi connectivity index (χ0n) is 19.1. The number of nitrogens with one attached hydrogen (secondary N) is 1. The maximum Gasteiger partial charge on any atom is 0.255 e.